The third-order valence-corrected chi connectivity index (χ3v) is 6.85. The number of thioether (sulfide) groups is 1. The molecule has 0 spiro atoms. The normalized spacial score (nSPS) is 12.0. The van der Waals surface area contributed by atoms with Gasteiger partial charge in [0.2, 0.25) is 11.8 Å². The molecule has 0 bridgehead atoms. The van der Waals surface area contributed by atoms with Crippen molar-refractivity contribution in [1.29, 1.82) is 0 Å². The maximum atomic E-state index is 13.1. The summed E-state index contributed by atoms with van der Waals surface area (Å²) in [5.74, 6) is 0.666. The molecule has 2 rings (SSSR count). The van der Waals surface area contributed by atoms with Gasteiger partial charge in [-0.1, -0.05) is 72.4 Å². The molecule has 1 atom stereocenters. The highest BCUT2D eigenvalue weighted by Crippen LogP contribution is 2.26. The first-order valence-electron chi connectivity index (χ1n) is 10.1. The molecule has 0 radical (unpaired) electrons. The molecule has 32 heavy (non-hydrogen) atoms. The van der Waals surface area contributed by atoms with Crippen molar-refractivity contribution >= 4 is 70.0 Å². The Balaban J connectivity index is 2.12. The molecule has 0 saturated carbocycles. The van der Waals surface area contributed by atoms with Crippen molar-refractivity contribution in [2.45, 2.75) is 39.1 Å². The van der Waals surface area contributed by atoms with E-state index < -0.39 is 6.04 Å². The van der Waals surface area contributed by atoms with Gasteiger partial charge in [-0.2, -0.15) is 0 Å². The van der Waals surface area contributed by atoms with E-state index in [2.05, 4.69) is 5.32 Å². The van der Waals surface area contributed by atoms with E-state index in [9.17, 15) is 9.59 Å². The predicted octanol–water partition coefficient (Wildman–Crippen LogP) is 6.72. The number of carbonyl (C=O) groups is 2. The van der Waals surface area contributed by atoms with E-state index in [0.29, 0.717) is 38.3 Å². The van der Waals surface area contributed by atoms with Gasteiger partial charge in [-0.3, -0.25) is 9.59 Å². The zero-order chi connectivity index (χ0) is 23.8. The Hall–Kier alpha value is -1.11. The van der Waals surface area contributed by atoms with Crippen LogP contribution in [-0.2, 0) is 21.9 Å². The molecular formula is C23H26Cl4N2O2S. The summed E-state index contributed by atoms with van der Waals surface area (Å²) in [5, 5.41) is 4.98. The van der Waals surface area contributed by atoms with Gasteiger partial charge < -0.3 is 10.2 Å². The summed E-state index contributed by atoms with van der Waals surface area (Å²) < 4.78 is 0. The van der Waals surface area contributed by atoms with Gasteiger partial charge in [0.15, 0.2) is 0 Å². The molecule has 2 aromatic carbocycles. The molecule has 2 aromatic rings. The molecule has 0 heterocycles. The van der Waals surface area contributed by atoms with Crippen molar-refractivity contribution in [1.82, 2.24) is 10.2 Å². The van der Waals surface area contributed by atoms with Crippen molar-refractivity contribution in [3.05, 3.63) is 67.6 Å². The van der Waals surface area contributed by atoms with Crippen LogP contribution in [0.15, 0.2) is 36.4 Å². The first-order valence-corrected chi connectivity index (χ1v) is 12.8. The lowest BCUT2D eigenvalue weighted by Gasteiger charge is -2.29. The molecule has 0 aromatic heterocycles. The lowest BCUT2D eigenvalue weighted by Crippen LogP contribution is -2.48. The topological polar surface area (TPSA) is 49.4 Å². The van der Waals surface area contributed by atoms with E-state index in [0.717, 1.165) is 11.1 Å². The van der Waals surface area contributed by atoms with Gasteiger partial charge in [-0.05, 0) is 48.2 Å². The fourth-order valence-electron chi connectivity index (χ4n) is 2.84. The number of nitrogens with zero attached hydrogens (tertiary/aromatic N) is 1. The molecule has 4 nitrogen and oxygen atoms in total. The van der Waals surface area contributed by atoms with Crippen molar-refractivity contribution in [2.75, 3.05) is 12.3 Å². The highest BCUT2D eigenvalue weighted by molar-refractivity contribution is 7.99. The lowest BCUT2D eigenvalue weighted by atomic mass is 10.1. The lowest BCUT2D eigenvalue weighted by molar-refractivity contribution is -0.138. The highest BCUT2D eigenvalue weighted by Gasteiger charge is 2.26. The quantitative estimate of drug-likeness (QED) is 0.367. The van der Waals surface area contributed by atoms with Crippen LogP contribution in [0.5, 0.6) is 0 Å². The van der Waals surface area contributed by atoms with Crippen LogP contribution in [0.1, 0.15) is 31.9 Å². The van der Waals surface area contributed by atoms with E-state index in [1.165, 1.54) is 11.8 Å². The first kappa shape index (κ1) is 27.1. The molecule has 0 aliphatic heterocycles. The summed E-state index contributed by atoms with van der Waals surface area (Å²) in [4.78, 5) is 27.4. The van der Waals surface area contributed by atoms with Crippen LogP contribution in [0.25, 0.3) is 0 Å². The summed E-state index contributed by atoms with van der Waals surface area (Å²) in [5.41, 5.74) is 1.61. The first-order chi connectivity index (χ1) is 15.1. The van der Waals surface area contributed by atoms with Gasteiger partial charge in [0.25, 0.3) is 0 Å². The van der Waals surface area contributed by atoms with Gasteiger partial charge in [0.05, 0.1) is 5.75 Å². The van der Waals surface area contributed by atoms with Crippen LogP contribution in [0, 0.1) is 5.92 Å². The predicted molar refractivity (Wildman–Crippen MR) is 137 cm³/mol. The number of amides is 2. The molecule has 1 N–H and O–H groups in total. The fourth-order valence-corrected chi connectivity index (χ4v) is 4.78. The number of carbonyl (C=O) groups excluding carboxylic acids is 2. The number of halogens is 4. The molecule has 0 aliphatic rings. The smallest absolute Gasteiger partial charge is 0.242 e. The highest BCUT2D eigenvalue weighted by atomic mass is 35.5. The van der Waals surface area contributed by atoms with Crippen molar-refractivity contribution in [3.8, 4) is 0 Å². The Morgan fingerprint density at radius 1 is 0.938 bits per heavy atom. The minimum absolute atomic E-state index is 0.168. The van der Waals surface area contributed by atoms with E-state index in [1.54, 1.807) is 42.2 Å². The largest absolute Gasteiger partial charge is 0.354 e. The number of nitrogens with one attached hydrogen (secondary N) is 1. The average molecular weight is 536 g/mol. The standard InChI is InChI=1S/C23H26Cl4N2O2S/c1-14(2)10-28-23(31)15(3)29(11-16-4-6-18(24)8-20(16)26)22(30)13-32-12-17-5-7-19(25)9-21(17)27/h4-9,14-15H,10-13H2,1-3H3,(H,28,31). The van der Waals surface area contributed by atoms with Gasteiger partial charge >= 0.3 is 0 Å². The van der Waals surface area contributed by atoms with Crippen molar-refractivity contribution < 1.29 is 9.59 Å². The Morgan fingerprint density at radius 2 is 1.50 bits per heavy atom. The van der Waals surface area contributed by atoms with Gasteiger partial charge in [-0.25, -0.2) is 0 Å². The third kappa shape index (κ3) is 8.35. The molecule has 0 saturated heterocycles. The number of hydrogen-bond acceptors (Lipinski definition) is 3. The molecular weight excluding hydrogens is 510 g/mol. The number of rotatable bonds is 10. The Bertz CT molecular complexity index is 956. The maximum Gasteiger partial charge on any atom is 0.242 e. The van der Waals surface area contributed by atoms with Crippen LogP contribution in [-0.4, -0.2) is 35.1 Å². The van der Waals surface area contributed by atoms with Gasteiger partial charge in [0.1, 0.15) is 6.04 Å². The Labute approximate surface area is 213 Å². The van der Waals surface area contributed by atoms with Crippen LogP contribution < -0.4 is 5.32 Å². The van der Waals surface area contributed by atoms with Gasteiger partial charge in [-0.15, -0.1) is 11.8 Å². The molecule has 174 valence electrons. The Kier molecular flexibility index (Phi) is 11.0. The SMILES string of the molecule is CC(C)CNC(=O)C(C)N(Cc1ccc(Cl)cc1Cl)C(=O)CSCc1ccc(Cl)cc1Cl. The molecule has 9 heteroatoms. The number of hydrogen-bond donors (Lipinski definition) is 1. The van der Waals surface area contributed by atoms with Crippen molar-refractivity contribution in [3.63, 3.8) is 0 Å². The third-order valence-electron chi connectivity index (χ3n) is 4.71. The van der Waals surface area contributed by atoms with E-state index in [-0.39, 0.29) is 24.1 Å². The molecule has 0 aliphatic carbocycles. The molecule has 0 fully saturated rings. The van der Waals surface area contributed by atoms with Crippen LogP contribution in [0.4, 0.5) is 0 Å². The van der Waals surface area contributed by atoms with Crippen molar-refractivity contribution in [2.24, 2.45) is 5.92 Å². The minimum Gasteiger partial charge on any atom is -0.354 e. The molecule has 2 amide bonds. The summed E-state index contributed by atoms with van der Waals surface area (Å²) >= 11 is 25.9. The van der Waals surface area contributed by atoms with E-state index in [4.69, 9.17) is 46.4 Å². The second-order valence-electron chi connectivity index (χ2n) is 7.80. The molecule has 1 unspecified atom stereocenters. The summed E-state index contributed by atoms with van der Waals surface area (Å²) in [7, 11) is 0. The van der Waals surface area contributed by atoms with Crippen LogP contribution in [0.2, 0.25) is 20.1 Å². The average Bonchev–Trinajstić information content (AvgIpc) is 2.72. The van der Waals surface area contributed by atoms with E-state index in [1.807, 2.05) is 19.9 Å². The summed E-state index contributed by atoms with van der Waals surface area (Å²) in [6.07, 6.45) is 0. The maximum absolute atomic E-state index is 13.1. The number of benzene rings is 2. The summed E-state index contributed by atoms with van der Waals surface area (Å²) in [6.45, 7) is 6.49. The zero-order valence-corrected chi connectivity index (χ0v) is 22.0. The Morgan fingerprint density at radius 3 is 2.03 bits per heavy atom. The second-order valence-corrected chi connectivity index (χ2v) is 10.5. The fraction of sp³-hybridized carbons (Fsp3) is 0.391. The summed E-state index contributed by atoms with van der Waals surface area (Å²) in [6, 6.07) is 9.74. The monoisotopic (exact) mass is 534 g/mol. The van der Waals surface area contributed by atoms with Crippen LogP contribution >= 0.6 is 58.2 Å². The second kappa shape index (κ2) is 13.0. The van der Waals surface area contributed by atoms with Gasteiger partial charge in [0, 0.05) is 38.9 Å². The minimum atomic E-state index is -0.660. The van der Waals surface area contributed by atoms with Crippen LogP contribution in [0.3, 0.4) is 0 Å². The zero-order valence-electron chi connectivity index (χ0n) is 18.1. The van der Waals surface area contributed by atoms with E-state index >= 15 is 0 Å².